The van der Waals surface area contributed by atoms with E-state index in [4.69, 9.17) is 14.6 Å². The van der Waals surface area contributed by atoms with Gasteiger partial charge in [-0.25, -0.2) is 4.79 Å². The molecule has 0 saturated carbocycles. The Morgan fingerprint density at radius 3 is 2.61 bits per heavy atom. The lowest BCUT2D eigenvalue weighted by atomic mass is 10.1. The number of benzene rings is 2. The van der Waals surface area contributed by atoms with Crippen molar-refractivity contribution in [3.05, 3.63) is 58.5 Å². The summed E-state index contributed by atoms with van der Waals surface area (Å²) in [4.78, 5) is 49.4. The number of aliphatic carboxylic acids is 1. The Morgan fingerprint density at radius 1 is 1.18 bits per heavy atom. The minimum atomic E-state index is -1.12. The Morgan fingerprint density at radius 2 is 1.94 bits per heavy atom. The summed E-state index contributed by atoms with van der Waals surface area (Å²) in [6.07, 6.45) is 0.420. The molecule has 0 bridgehead atoms. The molecule has 3 amide bonds. The molecule has 0 aliphatic carbocycles. The van der Waals surface area contributed by atoms with Gasteiger partial charge >= 0.3 is 5.97 Å². The van der Waals surface area contributed by atoms with Gasteiger partial charge in [-0.1, -0.05) is 18.2 Å². The average molecular weight is 471 g/mol. The summed E-state index contributed by atoms with van der Waals surface area (Å²) < 4.78 is 10.6. The van der Waals surface area contributed by atoms with Gasteiger partial charge in [0.05, 0.1) is 12.0 Å². The summed E-state index contributed by atoms with van der Waals surface area (Å²) >= 11 is 0.728. The van der Waals surface area contributed by atoms with E-state index >= 15 is 0 Å². The largest absolute Gasteiger partial charge is 0.493 e. The normalized spacial score (nSPS) is 15.5. The van der Waals surface area contributed by atoms with Crippen molar-refractivity contribution in [3.8, 4) is 11.5 Å². The van der Waals surface area contributed by atoms with Crippen LogP contribution in [0.5, 0.6) is 11.5 Å². The van der Waals surface area contributed by atoms with E-state index in [1.165, 1.54) is 26.2 Å². The van der Waals surface area contributed by atoms with E-state index in [0.29, 0.717) is 11.3 Å². The predicted molar refractivity (Wildman–Crippen MR) is 123 cm³/mol. The highest BCUT2D eigenvalue weighted by molar-refractivity contribution is 8.18. The molecule has 33 heavy (non-hydrogen) atoms. The predicted octanol–water partition coefficient (Wildman–Crippen LogP) is 3.53. The summed E-state index contributed by atoms with van der Waals surface area (Å²) in [6.45, 7) is 2.87. The lowest BCUT2D eigenvalue weighted by molar-refractivity contribution is -0.144. The fourth-order valence-electron chi connectivity index (χ4n) is 2.97. The van der Waals surface area contributed by atoms with Gasteiger partial charge in [0.1, 0.15) is 6.54 Å². The molecule has 1 fully saturated rings. The molecule has 0 radical (unpaired) electrons. The fourth-order valence-corrected chi connectivity index (χ4v) is 3.81. The second-order valence-corrected chi connectivity index (χ2v) is 8.19. The summed E-state index contributed by atoms with van der Waals surface area (Å²) in [5.41, 5.74) is 2.08. The second-order valence-electron chi connectivity index (χ2n) is 7.19. The summed E-state index contributed by atoms with van der Waals surface area (Å²) in [5, 5.41) is 11.1. The standard InChI is InChI=1S/C23H22N2O7S/c1-13-5-4-6-16(9-13)24-20(26)12-25-21(27)19(33-23(25)30)11-15-7-8-17(18(10-15)31-3)32-14(2)22(28)29/h4-11,14H,12H2,1-3H3,(H,24,26)(H,28,29)/b19-11-/t14-/m1/s1. The number of hydrogen-bond acceptors (Lipinski definition) is 7. The molecule has 0 spiro atoms. The number of nitrogens with zero attached hydrogens (tertiary/aromatic N) is 1. The number of imide groups is 1. The van der Waals surface area contributed by atoms with Gasteiger partial charge in [0.15, 0.2) is 17.6 Å². The van der Waals surface area contributed by atoms with Crippen LogP contribution in [0.3, 0.4) is 0 Å². The highest BCUT2D eigenvalue weighted by atomic mass is 32.2. The highest BCUT2D eigenvalue weighted by Gasteiger charge is 2.36. The Balaban J connectivity index is 1.72. The highest BCUT2D eigenvalue weighted by Crippen LogP contribution is 2.34. The first-order valence-corrected chi connectivity index (χ1v) is 10.7. The van der Waals surface area contributed by atoms with Gasteiger partial charge in [-0.3, -0.25) is 19.3 Å². The number of carbonyl (C=O) groups is 4. The fraction of sp³-hybridized carbons (Fsp3) is 0.217. The third kappa shape index (κ3) is 5.92. The molecule has 1 saturated heterocycles. The monoisotopic (exact) mass is 470 g/mol. The molecular formula is C23H22N2O7S. The number of aryl methyl sites for hydroxylation is 1. The number of anilines is 1. The number of nitrogens with one attached hydrogen (secondary N) is 1. The van der Waals surface area contributed by atoms with E-state index < -0.39 is 35.7 Å². The number of amides is 3. The van der Waals surface area contributed by atoms with Gasteiger partial charge in [0, 0.05) is 5.69 Å². The minimum absolute atomic E-state index is 0.151. The number of carboxylic acid groups (broad SMARTS) is 1. The van der Waals surface area contributed by atoms with Crippen molar-refractivity contribution in [2.24, 2.45) is 0 Å². The molecule has 1 aliphatic heterocycles. The molecule has 1 atom stereocenters. The first-order valence-electron chi connectivity index (χ1n) is 9.87. The SMILES string of the molecule is COc1cc(/C=C2\SC(=O)N(CC(=O)Nc3cccc(C)c3)C2=O)ccc1O[C@H](C)C(=O)O. The first-order chi connectivity index (χ1) is 15.7. The Hall–Kier alpha value is -3.79. The lowest BCUT2D eigenvalue weighted by Gasteiger charge is -2.14. The topological polar surface area (TPSA) is 122 Å². The Bertz CT molecular complexity index is 1150. The maximum Gasteiger partial charge on any atom is 0.344 e. The van der Waals surface area contributed by atoms with Gasteiger partial charge in [0.2, 0.25) is 5.91 Å². The van der Waals surface area contributed by atoms with Gasteiger partial charge in [0.25, 0.3) is 11.1 Å². The molecule has 1 heterocycles. The molecule has 0 unspecified atom stereocenters. The second kappa shape index (κ2) is 10.2. The molecule has 2 N–H and O–H groups in total. The number of carbonyl (C=O) groups excluding carboxylic acids is 3. The number of carboxylic acids is 1. The van der Waals surface area contributed by atoms with E-state index in [-0.39, 0.29) is 16.4 Å². The van der Waals surface area contributed by atoms with Crippen LogP contribution in [0.2, 0.25) is 0 Å². The maximum atomic E-state index is 12.7. The van der Waals surface area contributed by atoms with Gasteiger partial charge in [-0.05, 0) is 67.1 Å². The zero-order chi connectivity index (χ0) is 24.1. The van der Waals surface area contributed by atoms with Crippen LogP contribution in [0.4, 0.5) is 10.5 Å². The Kier molecular flexibility index (Phi) is 7.39. The van der Waals surface area contributed by atoms with Crippen LogP contribution in [0.25, 0.3) is 6.08 Å². The van der Waals surface area contributed by atoms with Crippen LogP contribution in [0.15, 0.2) is 47.4 Å². The number of thioether (sulfide) groups is 1. The van der Waals surface area contributed by atoms with Crippen molar-refractivity contribution in [2.45, 2.75) is 20.0 Å². The maximum absolute atomic E-state index is 12.7. The van der Waals surface area contributed by atoms with Crippen LogP contribution in [0.1, 0.15) is 18.1 Å². The molecule has 172 valence electrons. The van der Waals surface area contributed by atoms with E-state index in [0.717, 1.165) is 22.2 Å². The van der Waals surface area contributed by atoms with Gasteiger partial charge in [-0.15, -0.1) is 0 Å². The molecule has 1 aliphatic rings. The van der Waals surface area contributed by atoms with Crippen LogP contribution >= 0.6 is 11.8 Å². The summed E-state index contributed by atoms with van der Waals surface area (Å²) in [6, 6.07) is 11.9. The third-order valence-electron chi connectivity index (χ3n) is 4.61. The van der Waals surface area contributed by atoms with Crippen molar-refractivity contribution in [2.75, 3.05) is 19.0 Å². The number of hydrogen-bond donors (Lipinski definition) is 2. The zero-order valence-electron chi connectivity index (χ0n) is 18.2. The first kappa shape index (κ1) is 23.9. The molecule has 9 nitrogen and oxygen atoms in total. The smallest absolute Gasteiger partial charge is 0.344 e. The zero-order valence-corrected chi connectivity index (χ0v) is 19.0. The molecule has 10 heteroatoms. The molecule has 0 aromatic heterocycles. The van der Waals surface area contributed by atoms with Crippen molar-refractivity contribution in [3.63, 3.8) is 0 Å². The third-order valence-corrected chi connectivity index (χ3v) is 5.52. The summed E-state index contributed by atoms with van der Waals surface area (Å²) in [7, 11) is 1.40. The van der Waals surface area contributed by atoms with Gasteiger partial charge < -0.3 is 19.9 Å². The number of methoxy groups -OCH3 is 1. The summed E-state index contributed by atoms with van der Waals surface area (Å²) in [5.74, 6) is -1.69. The van der Waals surface area contributed by atoms with Crippen molar-refractivity contribution in [1.82, 2.24) is 4.90 Å². The van der Waals surface area contributed by atoms with Crippen LogP contribution in [0, 0.1) is 6.92 Å². The Labute approximate surface area is 194 Å². The van der Waals surface area contributed by atoms with E-state index in [1.54, 1.807) is 30.3 Å². The van der Waals surface area contributed by atoms with E-state index in [1.807, 2.05) is 13.0 Å². The van der Waals surface area contributed by atoms with Crippen LogP contribution in [-0.2, 0) is 14.4 Å². The molecule has 2 aromatic carbocycles. The van der Waals surface area contributed by atoms with E-state index in [9.17, 15) is 19.2 Å². The quantitative estimate of drug-likeness (QED) is 0.562. The minimum Gasteiger partial charge on any atom is -0.493 e. The van der Waals surface area contributed by atoms with E-state index in [2.05, 4.69) is 5.32 Å². The lowest BCUT2D eigenvalue weighted by Crippen LogP contribution is -2.36. The van der Waals surface area contributed by atoms with Crippen molar-refractivity contribution in [1.29, 1.82) is 0 Å². The average Bonchev–Trinajstić information content (AvgIpc) is 3.01. The van der Waals surface area contributed by atoms with Crippen LogP contribution in [-0.4, -0.2) is 52.8 Å². The molecule has 2 aromatic rings. The van der Waals surface area contributed by atoms with Gasteiger partial charge in [-0.2, -0.15) is 0 Å². The van der Waals surface area contributed by atoms with Crippen molar-refractivity contribution >= 4 is 46.5 Å². The number of ether oxygens (including phenoxy) is 2. The number of rotatable bonds is 8. The van der Waals surface area contributed by atoms with Crippen molar-refractivity contribution < 1.29 is 33.8 Å². The molecule has 3 rings (SSSR count). The van der Waals surface area contributed by atoms with Crippen LogP contribution < -0.4 is 14.8 Å². The molecular weight excluding hydrogens is 448 g/mol.